The summed E-state index contributed by atoms with van der Waals surface area (Å²) in [6.07, 6.45) is 2.06. The normalized spacial score (nSPS) is 9.40. The van der Waals surface area contributed by atoms with Gasteiger partial charge in [0.1, 0.15) is 5.75 Å². The molecule has 0 aliphatic carbocycles. The standard InChI is InChI=1S/C9H11O/c1-3-8-4-6-9(10-2)7-5-8/h3-7H,1-2H3. The van der Waals surface area contributed by atoms with E-state index in [1.54, 1.807) is 7.11 Å². The van der Waals surface area contributed by atoms with Crippen molar-refractivity contribution in [1.29, 1.82) is 0 Å². The molecule has 0 atom stereocenters. The van der Waals surface area contributed by atoms with Gasteiger partial charge in [0.15, 0.2) is 0 Å². The fraction of sp³-hybridized carbons (Fsp3) is 0.222. The van der Waals surface area contributed by atoms with E-state index in [1.165, 1.54) is 5.56 Å². The van der Waals surface area contributed by atoms with E-state index < -0.39 is 0 Å². The fourth-order valence-electron chi connectivity index (χ4n) is 0.796. The molecule has 0 aromatic heterocycles. The Balaban J connectivity index is 2.80. The Bertz CT molecular complexity index is 165. The minimum absolute atomic E-state index is 0.908. The molecule has 0 bridgehead atoms. The molecular formula is C9H11O. The van der Waals surface area contributed by atoms with Crippen LogP contribution in [0.25, 0.3) is 0 Å². The largest absolute Gasteiger partial charge is 0.497 e. The number of hydrogen-bond donors (Lipinski definition) is 0. The van der Waals surface area contributed by atoms with Crippen LogP contribution in [-0.2, 0) is 0 Å². The summed E-state index contributed by atoms with van der Waals surface area (Å²) in [5.74, 6) is 0.908. The molecule has 0 fully saturated rings. The van der Waals surface area contributed by atoms with Crippen molar-refractivity contribution >= 4 is 0 Å². The van der Waals surface area contributed by atoms with Crippen molar-refractivity contribution in [1.82, 2.24) is 0 Å². The molecule has 0 unspecified atom stereocenters. The summed E-state index contributed by atoms with van der Waals surface area (Å²) in [6.45, 7) is 2.02. The predicted molar refractivity (Wildman–Crippen MR) is 42.1 cm³/mol. The monoisotopic (exact) mass is 135 g/mol. The van der Waals surface area contributed by atoms with Gasteiger partial charge in [-0.25, -0.2) is 0 Å². The Labute approximate surface area is 61.6 Å². The topological polar surface area (TPSA) is 9.23 Å². The highest BCUT2D eigenvalue weighted by Crippen LogP contribution is 2.11. The van der Waals surface area contributed by atoms with E-state index in [0.717, 1.165) is 5.75 Å². The van der Waals surface area contributed by atoms with E-state index in [1.807, 2.05) is 31.2 Å². The van der Waals surface area contributed by atoms with Gasteiger partial charge in [-0.2, -0.15) is 0 Å². The van der Waals surface area contributed by atoms with E-state index in [9.17, 15) is 0 Å². The van der Waals surface area contributed by atoms with Crippen molar-refractivity contribution in [3.63, 3.8) is 0 Å². The van der Waals surface area contributed by atoms with Crippen LogP contribution in [0.3, 0.4) is 0 Å². The molecule has 1 radical (unpaired) electrons. The summed E-state index contributed by atoms with van der Waals surface area (Å²) >= 11 is 0. The quantitative estimate of drug-likeness (QED) is 0.604. The van der Waals surface area contributed by atoms with E-state index in [4.69, 9.17) is 4.74 Å². The highest BCUT2D eigenvalue weighted by Gasteiger charge is 1.89. The van der Waals surface area contributed by atoms with Crippen molar-refractivity contribution in [2.24, 2.45) is 0 Å². The Morgan fingerprint density at radius 1 is 1.20 bits per heavy atom. The molecule has 0 aliphatic heterocycles. The zero-order chi connectivity index (χ0) is 7.40. The molecule has 0 amide bonds. The summed E-state index contributed by atoms with van der Waals surface area (Å²) in [6, 6.07) is 7.96. The highest BCUT2D eigenvalue weighted by atomic mass is 16.5. The molecule has 0 saturated heterocycles. The van der Waals surface area contributed by atoms with Gasteiger partial charge in [-0.15, -0.1) is 0 Å². The lowest BCUT2D eigenvalue weighted by atomic mass is 10.2. The van der Waals surface area contributed by atoms with Gasteiger partial charge in [0.05, 0.1) is 7.11 Å². The third-order valence-corrected chi connectivity index (χ3v) is 1.45. The molecule has 0 saturated carbocycles. The van der Waals surface area contributed by atoms with Gasteiger partial charge < -0.3 is 4.74 Å². The van der Waals surface area contributed by atoms with Gasteiger partial charge >= 0.3 is 0 Å². The number of hydrogen-bond acceptors (Lipinski definition) is 1. The molecule has 1 aromatic carbocycles. The first-order valence-electron chi connectivity index (χ1n) is 3.30. The van der Waals surface area contributed by atoms with E-state index in [0.29, 0.717) is 0 Å². The zero-order valence-electron chi connectivity index (χ0n) is 6.29. The molecule has 10 heavy (non-hydrogen) atoms. The summed E-state index contributed by atoms with van der Waals surface area (Å²) in [4.78, 5) is 0. The van der Waals surface area contributed by atoms with Crippen LogP contribution in [0.4, 0.5) is 0 Å². The minimum atomic E-state index is 0.908. The van der Waals surface area contributed by atoms with E-state index >= 15 is 0 Å². The van der Waals surface area contributed by atoms with Crippen LogP contribution in [-0.4, -0.2) is 7.11 Å². The second kappa shape index (κ2) is 3.25. The highest BCUT2D eigenvalue weighted by molar-refractivity contribution is 5.30. The molecule has 1 nitrogen and oxygen atoms in total. The molecule has 0 aliphatic rings. The van der Waals surface area contributed by atoms with Crippen LogP contribution < -0.4 is 4.74 Å². The van der Waals surface area contributed by atoms with E-state index in [2.05, 4.69) is 6.42 Å². The van der Waals surface area contributed by atoms with Crippen LogP contribution in [0, 0.1) is 6.42 Å². The summed E-state index contributed by atoms with van der Waals surface area (Å²) in [5.41, 5.74) is 1.22. The van der Waals surface area contributed by atoms with Gasteiger partial charge in [-0.1, -0.05) is 19.1 Å². The lowest BCUT2D eigenvalue weighted by molar-refractivity contribution is 0.414. The van der Waals surface area contributed by atoms with Crippen molar-refractivity contribution in [2.75, 3.05) is 7.11 Å². The maximum Gasteiger partial charge on any atom is 0.118 e. The van der Waals surface area contributed by atoms with Crippen molar-refractivity contribution in [3.05, 3.63) is 36.2 Å². The predicted octanol–water partition coefficient (Wildman–Crippen LogP) is 2.27. The van der Waals surface area contributed by atoms with Gasteiger partial charge in [-0.3, -0.25) is 0 Å². The smallest absolute Gasteiger partial charge is 0.118 e. The van der Waals surface area contributed by atoms with Crippen molar-refractivity contribution < 1.29 is 4.74 Å². The fourth-order valence-corrected chi connectivity index (χ4v) is 0.796. The molecule has 1 heteroatoms. The van der Waals surface area contributed by atoms with E-state index in [-0.39, 0.29) is 0 Å². The third kappa shape index (κ3) is 1.50. The molecule has 0 spiro atoms. The molecule has 1 rings (SSSR count). The third-order valence-electron chi connectivity index (χ3n) is 1.45. The number of ether oxygens (including phenoxy) is 1. The van der Waals surface area contributed by atoms with Gasteiger partial charge in [0, 0.05) is 0 Å². The average Bonchev–Trinajstić information content (AvgIpc) is 2.05. The molecule has 0 N–H and O–H groups in total. The van der Waals surface area contributed by atoms with Crippen LogP contribution in [0.2, 0.25) is 0 Å². The van der Waals surface area contributed by atoms with Crippen LogP contribution >= 0.6 is 0 Å². The molecular weight excluding hydrogens is 124 g/mol. The lowest BCUT2D eigenvalue weighted by Crippen LogP contribution is -1.82. The number of rotatable bonds is 2. The number of benzene rings is 1. The second-order valence-corrected chi connectivity index (χ2v) is 2.06. The first-order chi connectivity index (χ1) is 4.86. The Morgan fingerprint density at radius 2 is 1.80 bits per heavy atom. The SMILES string of the molecule is C[CH]c1ccc(OC)cc1. The van der Waals surface area contributed by atoms with Crippen molar-refractivity contribution in [2.45, 2.75) is 6.92 Å². The van der Waals surface area contributed by atoms with Crippen LogP contribution in [0.1, 0.15) is 12.5 Å². The first-order valence-corrected chi connectivity index (χ1v) is 3.30. The summed E-state index contributed by atoms with van der Waals surface area (Å²) < 4.78 is 5.00. The lowest BCUT2D eigenvalue weighted by Gasteiger charge is -1.99. The van der Waals surface area contributed by atoms with Gasteiger partial charge in [-0.05, 0) is 24.1 Å². The average molecular weight is 135 g/mol. The Hall–Kier alpha value is -0.980. The maximum atomic E-state index is 5.00. The number of methoxy groups -OCH3 is 1. The molecule has 0 heterocycles. The van der Waals surface area contributed by atoms with Crippen molar-refractivity contribution in [3.8, 4) is 5.75 Å². The minimum Gasteiger partial charge on any atom is -0.497 e. The second-order valence-electron chi connectivity index (χ2n) is 2.06. The molecule has 1 aromatic rings. The van der Waals surface area contributed by atoms with Gasteiger partial charge in [0.25, 0.3) is 0 Å². The van der Waals surface area contributed by atoms with Crippen LogP contribution in [0.15, 0.2) is 24.3 Å². The van der Waals surface area contributed by atoms with Gasteiger partial charge in [0.2, 0.25) is 0 Å². The summed E-state index contributed by atoms with van der Waals surface area (Å²) in [5, 5.41) is 0. The molecule has 53 valence electrons. The Kier molecular flexibility index (Phi) is 2.32. The first kappa shape index (κ1) is 7.13. The Morgan fingerprint density at radius 3 is 2.20 bits per heavy atom. The maximum absolute atomic E-state index is 5.00. The summed E-state index contributed by atoms with van der Waals surface area (Å²) in [7, 11) is 1.67. The van der Waals surface area contributed by atoms with Crippen LogP contribution in [0.5, 0.6) is 5.75 Å². The zero-order valence-corrected chi connectivity index (χ0v) is 6.29.